The molecule has 2 rings (SSSR count). The Morgan fingerprint density at radius 2 is 1.92 bits per heavy atom. The Morgan fingerprint density at radius 3 is 2.71 bits per heavy atom. The van der Waals surface area contributed by atoms with E-state index >= 15 is 0 Å². The fourth-order valence-corrected chi connectivity index (χ4v) is 3.54. The number of unbranched alkanes of at least 4 members (excludes halogenated alkanes) is 1. The van der Waals surface area contributed by atoms with E-state index in [0.717, 1.165) is 64.7 Å². The van der Waals surface area contributed by atoms with Crippen LogP contribution in [-0.4, -0.2) is 81.3 Å². The predicted octanol–water partition coefficient (Wildman–Crippen LogP) is 1.13. The van der Waals surface area contributed by atoms with E-state index in [2.05, 4.69) is 27.0 Å². The number of rotatable bonds is 9. The van der Waals surface area contributed by atoms with Crippen molar-refractivity contribution < 1.29 is 4.74 Å². The van der Waals surface area contributed by atoms with Crippen LogP contribution < -0.4 is 11.1 Å². The van der Waals surface area contributed by atoms with Gasteiger partial charge in [0, 0.05) is 39.3 Å². The maximum Gasteiger partial charge on any atom is 0.188 e. The van der Waals surface area contributed by atoms with Crippen molar-refractivity contribution in [2.75, 3.05) is 65.6 Å². The Bertz CT molecular complexity index is 357. The number of ether oxygens (including phenoxy) is 1. The number of nitrogens with one attached hydrogen (secondary N) is 1. The molecule has 0 amide bonds. The minimum absolute atomic E-state index is 0.601. The van der Waals surface area contributed by atoms with Gasteiger partial charge in [-0.05, 0) is 51.1 Å². The number of nitrogens with zero attached hydrogens (tertiary/aromatic N) is 3. The van der Waals surface area contributed by atoms with E-state index in [0.29, 0.717) is 5.96 Å². The molecule has 1 atom stereocenters. The van der Waals surface area contributed by atoms with Crippen molar-refractivity contribution in [2.24, 2.45) is 16.6 Å². The fraction of sp³-hybridized carbons (Fsp3) is 0.944. The van der Waals surface area contributed by atoms with E-state index in [1.54, 1.807) is 0 Å². The molecule has 2 aliphatic rings. The van der Waals surface area contributed by atoms with Crippen LogP contribution in [0.15, 0.2) is 4.99 Å². The molecule has 0 aromatic heterocycles. The smallest absolute Gasteiger partial charge is 0.188 e. The summed E-state index contributed by atoms with van der Waals surface area (Å²) in [5, 5.41) is 3.24. The van der Waals surface area contributed by atoms with Gasteiger partial charge < -0.3 is 20.7 Å². The van der Waals surface area contributed by atoms with E-state index in [4.69, 9.17) is 10.5 Å². The molecule has 2 saturated heterocycles. The summed E-state index contributed by atoms with van der Waals surface area (Å²) in [5.74, 6) is 1.47. The van der Waals surface area contributed by atoms with Crippen LogP contribution in [0.2, 0.25) is 0 Å². The van der Waals surface area contributed by atoms with Crippen molar-refractivity contribution in [3.05, 3.63) is 0 Å². The zero-order valence-corrected chi connectivity index (χ0v) is 15.5. The second kappa shape index (κ2) is 11.7. The van der Waals surface area contributed by atoms with Gasteiger partial charge in [0.05, 0.1) is 13.2 Å². The molecule has 0 aromatic carbocycles. The van der Waals surface area contributed by atoms with Gasteiger partial charge in [0.1, 0.15) is 0 Å². The number of guanidine groups is 1. The van der Waals surface area contributed by atoms with Gasteiger partial charge >= 0.3 is 0 Å². The summed E-state index contributed by atoms with van der Waals surface area (Å²) in [7, 11) is 0. The Balaban J connectivity index is 1.43. The molecule has 6 heteroatoms. The molecule has 0 spiro atoms. The average molecular weight is 340 g/mol. The van der Waals surface area contributed by atoms with E-state index in [9.17, 15) is 0 Å². The zero-order valence-electron chi connectivity index (χ0n) is 15.5. The highest BCUT2D eigenvalue weighted by Gasteiger charge is 2.15. The quantitative estimate of drug-likeness (QED) is 0.374. The highest BCUT2D eigenvalue weighted by atomic mass is 16.5. The topological polar surface area (TPSA) is 66.1 Å². The van der Waals surface area contributed by atoms with E-state index in [1.165, 1.54) is 38.9 Å². The standard InChI is InChI=1S/C18H37N5O/c1-17-6-4-10-23(16-17)9-3-2-7-20-18(19)21-8-5-11-22-12-14-24-15-13-22/h17H,2-16H2,1H3,(H3,19,20,21). The predicted molar refractivity (Wildman–Crippen MR) is 100 cm³/mol. The van der Waals surface area contributed by atoms with Gasteiger partial charge in [0.15, 0.2) is 5.96 Å². The molecule has 3 N–H and O–H groups in total. The molecule has 2 aliphatic heterocycles. The summed E-state index contributed by atoms with van der Waals surface area (Å²) in [6, 6.07) is 0. The second-order valence-electron chi connectivity index (χ2n) is 7.26. The Morgan fingerprint density at radius 1 is 1.12 bits per heavy atom. The van der Waals surface area contributed by atoms with Crippen molar-refractivity contribution >= 4 is 5.96 Å². The van der Waals surface area contributed by atoms with E-state index < -0.39 is 0 Å². The summed E-state index contributed by atoms with van der Waals surface area (Å²) in [4.78, 5) is 9.46. The van der Waals surface area contributed by atoms with Crippen LogP contribution in [0, 0.1) is 5.92 Å². The normalized spacial score (nSPS) is 24.2. The summed E-state index contributed by atoms with van der Waals surface area (Å²) >= 11 is 0. The first-order valence-electron chi connectivity index (χ1n) is 9.80. The van der Waals surface area contributed by atoms with Crippen LogP contribution in [-0.2, 0) is 4.74 Å². The van der Waals surface area contributed by atoms with Crippen LogP contribution in [0.1, 0.15) is 39.0 Å². The lowest BCUT2D eigenvalue weighted by atomic mass is 10.0. The molecule has 0 bridgehead atoms. The third kappa shape index (κ3) is 8.31. The number of nitrogens with two attached hydrogens (primary N) is 1. The van der Waals surface area contributed by atoms with Gasteiger partial charge in [-0.2, -0.15) is 0 Å². The lowest BCUT2D eigenvalue weighted by molar-refractivity contribution is 0.0377. The molecular formula is C18H37N5O. The molecule has 0 saturated carbocycles. The minimum Gasteiger partial charge on any atom is -0.379 e. The summed E-state index contributed by atoms with van der Waals surface area (Å²) in [6.07, 6.45) is 6.23. The van der Waals surface area contributed by atoms with Gasteiger partial charge in [-0.3, -0.25) is 9.89 Å². The van der Waals surface area contributed by atoms with Gasteiger partial charge in [-0.25, -0.2) is 0 Å². The van der Waals surface area contributed by atoms with Crippen LogP contribution in [0.25, 0.3) is 0 Å². The maximum atomic E-state index is 5.93. The first kappa shape index (κ1) is 19.5. The lowest BCUT2D eigenvalue weighted by Gasteiger charge is -2.30. The summed E-state index contributed by atoms with van der Waals surface area (Å²) < 4.78 is 5.35. The van der Waals surface area contributed by atoms with Gasteiger partial charge in [-0.15, -0.1) is 0 Å². The van der Waals surface area contributed by atoms with Crippen molar-refractivity contribution in [2.45, 2.75) is 39.0 Å². The second-order valence-corrected chi connectivity index (χ2v) is 7.26. The number of hydrogen-bond acceptors (Lipinski definition) is 4. The van der Waals surface area contributed by atoms with Crippen LogP contribution in [0.4, 0.5) is 0 Å². The summed E-state index contributed by atoms with van der Waals surface area (Å²) in [5.41, 5.74) is 5.93. The molecule has 140 valence electrons. The first-order valence-corrected chi connectivity index (χ1v) is 9.80. The third-order valence-electron chi connectivity index (χ3n) is 4.97. The van der Waals surface area contributed by atoms with E-state index in [1.807, 2.05) is 0 Å². The number of piperidine rings is 1. The SMILES string of the molecule is CC1CCCN(CCCCNC(N)=NCCCN2CCOCC2)C1. The van der Waals surface area contributed by atoms with Crippen LogP contribution in [0.3, 0.4) is 0 Å². The van der Waals surface area contributed by atoms with Gasteiger partial charge in [-0.1, -0.05) is 6.92 Å². The molecule has 0 radical (unpaired) electrons. The fourth-order valence-electron chi connectivity index (χ4n) is 3.54. The Hall–Kier alpha value is -0.850. The molecule has 1 unspecified atom stereocenters. The highest BCUT2D eigenvalue weighted by molar-refractivity contribution is 5.77. The molecule has 24 heavy (non-hydrogen) atoms. The first-order chi connectivity index (χ1) is 11.7. The van der Waals surface area contributed by atoms with Crippen molar-refractivity contribution in [3.8, 4) is 0 Å². The lowest BCUT2D eigenvalue weighted by Crippen LogP contribution is -2.37. The molecule has 0 aliphatic carbocycles. The zero-order chi connectivity index (χ0) is 17.0. The number of hydrogen-bond donors (Lipinski definition) is 2. The van der Waals surface area contributed by atoms with Crippen LogP contribution in [0.5, 0.6) is 0 Å². The van der Waals surface area contributed by atoms with Gasteiger partial charge in [0.25, 0.3) is 0 Å². The largest absolute Gasteiger partial charge is 0.379 e. The molecular weight excluding hydrogens is 302 g/mol. The molecule has 2 heterocycles. The average Bonchev–Trinajstić information content (AvgIpc) is 2.59. The Labute approximate surface area is 147 Å². The molecule has 6 nitrogen and oxygen atoms in total. The molecule has 2 fully saturated rings. The monoisotopic (exact) mass is 339 g/mol. The highest BCUT2D eigenvalue weighted by Crippen LogP contribution is 2.15. The number of aliphatic imine (C=N–C) groups is 1. The number of morpholine rings is 1. The molecule has 0 aromatic rings. The van der Waals surface area contributed by atoms with Crippen molar-refractivity contribution in [3.63, 3.8) is 0 Å². The van der Waals surface area contributed by atoms with Crippen molar-refractivity contribution in [1.82, 2.24) is 15.1 Å². The third-order valence-corrected chi connectivity index (χ3v) is 4.97. The number of likely N-dealkylation sites (tertiary alicyclic amines) is 1. The Kier molecular flexibility index (Phi) is 9.46. The maximum absolute atomic E-state index is 5.93. The van der Waals surface area contributed by atoms with Crippen molar-refractivity contribution in [1.29, 1.82) is 0 Å². The van der Waals surface area contributed by atoms with E-state index in [-0.39, 0.29) is 0 Å². The van der Waals surface area contributed by atoms with Crippen LogP contribution >= 0.6 is 0 Å². The summed E-state index contributed by atoms with van der Waals surface area (Å²) in [6.45, 7) is 12.8. The van der Waals surface area contributed by atoms with Gasteiger partial charge in [0.2, 0.25) is 0 Å². The minimum atomic E-state index is 0.601.